The van der Waals surface area contributed by atoms with Gasteiger partial charge in [0.1, 0.15) is 11.4 Å². The number of esters is 1. The van der Waals surface area contributed by atoms with E-state index in [1.54, 1.807) is 48.0 Å². The largest absolute Gasteiger partial charge is 0.493 e. The lowest BCUT2D eigenvalue weighted by Crippen LogP contribution is -2.10. The highest BCUT2D eigenvalue weighted by molar-refractivity contribution is 5.92. The first-order chi connectivity index (χ1) is 11.6. The lowest BCUT2D eigenvalue weighted by Gasteiger charge is -2.09. The number of ether oxygens (including phenoxy) is 2. The molecule has 0 spiro atoms. The molecule has 0 aliphatic carbocycles. The molecule has 0 N–H and O–H groups in total. The van der Waals surface area contributed by atoms with Gasteiger partial charge >= 0.3 is 5.97 Å². The molecule has 24 heavy (non-hydrogen) atoms. The normalized spacial score (nSPS) is 10.5. The molecule has 3 aromatic rings. The van der Waals surface area contributed by atoms with Crippen molar-refractivity contribution in [1.82, 2.24) is 9.78 Å². The van der Waals surface area contributed by atoms with E-state index >= 15 is 0 Å². The first-order valence-electron chi connectivity index (χ1n) is 7.26. The molecule has 0 saturated heterocycles. The highest BCUT2D eigenvalue weighted by atomic mass is 19.1. The van der Waals surface area contributed by atoms with Gasteiger partial charge in [0.05, 0.1) is 24.7 Å². The van der Waals surface area contributed by atoms with Crippen LogP contribution in [0.5, 0.6) is 11.5 Å². The second-order valence-corrected chi connectivity index (χ2v) is 5.07. The third-order valence-corrected chi connectivity index (χ3v) is 3.57. The molecule has 5 nitrogen and oxygen atoms in total. The maximum absolute atomic E-state index is 13.0. The predicted molar refractivity (Wildman–Crippen MR) is 86.2 cm³/mol. The fourth-order valence-corrected chi connectivity index (χ4v) is 2.31. The van der Waals surface area contributed by atoms with Crippen molar-refractivity contribution >= 4 is 5.97 Å². The van der Waals surface area contributed by atoms with Crippen LogP contribution in [0, 0.1) is 12.7 Å². The van der Waals surface area contributed by atoms with Crippen LogP contribution >= 0.6 is 0 Å². The van der Waals surface area contributed by atoms with Gasteiger partial charge in [0.15, 0.2) is 11.5 Å². The molecule has 0 aliphatic rings. The SMILES string of the molecule is COc1ccccc1OC(=O)c1cnn(-c2ccc(F)cc2)c1C. The molecule has 1 heterocycles. The lowest BCUT2D eigenvalue weighted by molar-refractivity contribution is 0.0729. The molecule has 0 saturated carbocycles. The Morgan fingerprint density at radius 3 is 2.42 bits per heavy atom. The monoisotopic (exact) mass is 326 g/mol. The number of aromatic nitrogens is 2. The number of halogens is 1. The summed E-state index contributed by atoms with van der Waals surface area (Å²) in [6.07, 6.45) is 1.43. The smallest absolute Gasteiger partial charge is 0.347 e. The minimum atomic E-state index is -0.537. The zero-order chi connectivity index (χ0) is 17.1. The Hall–Kier alpha value is -3.15. The van der Waals surface area contributed by atoms with Crippen LogP contribution in [-0.4, -0.2) is 22.9 Å². The van der Waals surface area contributed by atoms with Crippen molar-refractivity contribution in [2.24, 2.45) is 0 Å². The Labute approximate surface area is 138 Å². The number of carbonyl (C=O) groups is 1. The van der Waals surface area contributed by atoms with Crippen molar-refractivity contribution in [1.29, 1.82) is 0 Å². The number of benzene rings is 2. The van der Waals surface area contributed by atoms with Crippen LogP contribution in [-0.2, 0) is 0 Å². The molecule has 1 aromatic heterocycles. The van der Waals surface area contributed by atoms with Gasteiger partial charge in [-0.05, 0) is 43.3 Å². The lowest BCUT2D eigenvalue weighted by atomic mass is 10.2. The number of hydrogen-bond donors (Lipinski definition) is 0. The van der Waals surface area contributed by atoms with E-state index in [-0.39, 0.29) is 5.82 Å². The summed E-state index contributed by atoms with van der Waals surface area (Å²) in [5.41, 5.74) is 1.58. The molecule has 0 atom stereocenters. The van der Waals surface area contributed by atoms with Crippen LogP contribution in [0.4, 0.5) is 4.39 Å². The number of rotatable bonds is 4. The molecule has 3 rings (SSSR count). The molecular formula is C18H15FN2O3. The van der Waals surface area contributed by atoms with Gasteiger partial charge in [-0.1, -0.05) is 12.1 Å². The van der Waals surface area contributed by atoms with Gasteiger partial charge in [0.25, 0.3) is 0 Å². The number of para-hydroxylation sites is 2. The zero-order valence-corrected chi connectivity index (χ0v) is 13.2. The van der Waals surface area contributed by atoms with Gasteiger partial charge in [0.2, 0.25) is 0 Å². The second-order valence-electron chi connectivity index (χ2n) is 5.07. The topological polar surface area (TPSA) is 53.4 Å². The van der Waals surface area contributed by atoms with E-state index in [2.05, 4.69) is 5.10 Å². The number of carbonyl (C=O) groups excluding carboxylic acids is 1. The maximum Gasteiger partial charge on any atom is 0.347 e. The van der Waals surface area contributed by atoms with Crippen LogP contribution in [0.1, 0.15) is 16.1 Å². The molecule has 0 aliphatic heterocycles. The first-order valence-corrected chi connectivity index (χ1v) is 7.26. The molecule has 2 aromatic carbocycles. The van der Waals surface area contributed by atoms with E-state index in [4.69, 9.17) is 9.47 Å². The summed E-state index contributed by atoms with van der Waals surface area (Å²) < 4.78 is 25.1. The minimum absolute atomic E-state index is 0.324. The molecule has 0 radical (unpaired) electrons. The Bertz CT molecular complexity index is 872. The summed E-state index contributed by atoms with van der Waals surface area (Å²) in [5, 5.41) is 4.18. The van der Waals surface area contributed by atoms with Gasteiger partial charge in [-0.15, -0.1) is 0 Å². The number of hydrogen-bond acceptors (Lipinski definition) is 4. The standard InChI is InChI=1S/C18H15FN2O3/c1-12-15(11-20-21(12)14-9-7-13(19)8-10-14)18(22)24-17-6-4-3-5-16(17)23-2/h3-11H,1-2H3. The number of nitrogens with zero attached hydrogens (tertiary/aromatic N) is 2. The fraction of sp³-hybridized carbons (Fsp3) is 0.111. The van der Waals surface area contributed by atoms with Crippen LogP contribution < -0.4 is 9.47 Å². The van der Waals surface area contributed by atoms with Crippen LogP contribution in [0.3, 0.4) is 0 Å². The quantitative estimate of drug-likeness (QED) is 0.543. The van der Waals surface area contributed by atoms with Crippen LogP contribution in [0.15, 0.2) is 54.7 Å². The second kappa shape index (κ2) is 6.54. The highest BCUT2D eigenvalue weighted by Crippen LogP contribution is 2.27. The Morgan fingerprint density at radius 2 is 1.75 bits per heavy atom. The van der Waals surface area contributed by atoms with Crippen molar-refractivity contribution < 1.29 is 18.7 Å². The summed E-state index contributed by atoms with van der Waals surface area (Å²) in [6.45, 7) is 1.75. The molecule has 0 amide bonds. The molecular weight excluding hydrogens is 311 g/mol. The van der Waals surface area contributed by atoms with Crippen molar-refractivity contribution in [3.8, 4) is 17.2 Å². The van der Waals surface area contributed by atoms with E-state index in [0.29, 0.717) is 28.4 Å². The van der Waals surface area contributed by atoms with E-state index < -0.39 is 5.97 Å². The summed E-state index contributed by atoms with van der Waals surface area (Å²) in [4.78, 5) is 12.4. The van der Waals surface area contributed by atoms with E-state index in [1.807, 2.05) is 0 Å². The molecule has 0 unspecified atom stereocenters. The van der Waals surface area contributed by atoms with Crippen molar-refractivity contribution in [3.05, 3.63) is 71.8 Å². The van der Waals surface area contributed by atoms with Gasteiger partial charge in [0, 0.05) is 0 Å². The minimum Gasteiger partial charge on any atom is -0.493 e. The third-order valence-electron chi connectivity index (χ3n) is 3.57. The van der Waals surface area contributed by atoms with E-state index in [0.717, 1.165) is 0 Å². The van der Waals surface area contributed by atoms with Crippen molar-refractivity contribution in [2.45, 2.75) is 6.92 Å². The molecule has 0 bridgehead atoms. The van der Waals surface area contributed by atoms with Crippen molar-refractivity contribution in [3.63, 3.8) is 0 Å². The van der Waals surface area contributed by atoms with Crippen LogP contribution in [0.25, 0.3) is 5.69 Å². The summed E-state index contributed by atoms with van der Waals surface area (Å²) in [5.74, 6) is -0.0712. The molecule has 0 fully saturated rings. The van der Waals surface area contributed by atoms with E-state index in [1.165, 1.54) is 25.4 Å². The van der Waals surface area contributed by atoms with Crippen molar-refractivity contribution in [2.75, 3.05) is 7.11 Å². The number of methoxy groups -OCH3 is 1. The Balaban J connectivity index is 1.87. The highest BCUT2D eigenvalue weighted by Gasteiger charge is 2.18. The third kappa shape index (κ3) is 2.99. The first kappa shape index (κ1) is 15.7. The average molecular weight is 326 g/mol. The summed E-state index contributed by atoms with van der Waals surface area (Å²) in [6, 6.07) is 12.7. The Kier molecular flexibility index (Phi) is 4.29. The average Bonchev–Trinajstić information content (AvgIpc) is 2.98. The summed E-state index contributed by atoms with van der Waals surface area (Å²) in [7, 11) is 1.50. The van der Waals surface area contributed by atoms with Gasteiger partial charge in [-0.2, -0.15) is 5.10 Å². The molecule has 6 heteroatoms. The summed E-state index contributed by atoms with van der Waals surface area (Å²) >= 11 is 0. The predicted octanol–water partition coefficient (Wildman–Crippen LogP) is 3.55. The molecule has 122 valence electrons. The fourth-order valence-electron chi connectivity index (χ4n) is 2.31. The Morgan fingerprint density at radius 1 is 1.08 bits per heavy atom. The van der Waals surface area contributed by atoms with Gasteiger partial charge in [-0.25, -0.2) is 13.9 Å². The van der Waals surface area contributed by atoms with Gasteiger partial charge in [-0.3, -0.25) is 0 Å². The zero-order valence-electron chi connectivity index (χ0n) is 13.2. The van der Waals surface area contributed by atoms with E-state index in [9.17, 15) is 9.18 Å². The van der Waals surface area contributed by atoms with Crippen LogP contribution in [0.2, 0.25) is 0 Å². The maximum atomic E-state index is 13.0. The van der Waals surface area contributed by atoms with Gasteiger partial charge < -0.3 is 9.47 Å².